The van der Waals surface area contributed by atoms with Crippen molar-refractivity contribution in [3.63, 3.8) is 0 Å². The Morgan fingerprint density at radius 2 is 1.62 bits per heavy atom. The lowest BCUT2D eigenvalue weighted by Gasteiger charge is -2.43. The van der Waals surface area contributed by atoms with Crippen LogP contribution in [0.2, 0.25) is 0 Å². The van der Waals surface area contributed by atoms with Crippen LogP contribution in [0.15, 0.2) is 83.1 Å². The van der Waals surface area contributed by atoms with Crippen LogP contribution in [-0.4, -0.2) is 40.7 Å². The van der Waals surface area contributed by atoms with Crippen LogP contribution in [0.25, 0.3) is 0 Å². The van der Waals surface area contributed by atoms with Gasteiger partial charge >= 0.3 is 5.97 Å². The highest BCUT2D eigenvalue weighted by Gasteiger charge is 2.49. The molecule has 3 rings (SSSR count). The summed E-state index contributed by atoms with van der Waals surface area (Å²) in [6.07, 6.45) is 5.04. The van der Waals surface area contributed by atoms with Crippen LogP contribution in [0.3, 0.4) is 0 Å². The Morgan fingerprint density at radius 3 is 2.16 bits per heavy atom. The summed E-state index contributed by atoms with van der Waals surface area (Å²) in [4.78, 5) is 11.0. The second-order valence-electron chi connectivity index (χ2n) is 8.22. The van der Waals surface area contributed by atoms with Crippen LogP contribution in [0.4, 0.5) is 0 Å². The first kappa shape index (κ1) is 24.2. The number of hydrogen-bond acceptors (Lipinski definition) is 4. The number of unbranched alkanes of at least 4 members (excludes halogenated alkanes) is 2. The van der Waals surface area contributed by atoms with Crippen LogP contribution in [0, 0.1) is 0 Å². The normalized spacial score (nSPS) is 19.2. The largest absolute Gasteiger partial charge is 0.466 e. The summed E-state index contributed by atoms with van der Waals surface area (Å²) in [6.45, 7) is 6.78. The van der Waals surface area contributed by atoms with Crippen molar-refractivity contribution >= 4 is 24.7 Å². The number of rotatable bonds is 9. The van der Waals surface area contributed by atoms with Gasteiger partial charge in [-0.05, 0) is 59.8 Å². The summed E-state index contributed by atoms with van der Waals surface area (Å²) in [5.74, 6) is -0.224. The monoisotopic (exact) mass is 450 g/mol. The van der Waals surface area contributed by atoms with Crippen molar-refractivity contribution in [1.29, 1.82) is 0 Å². The van der Waals surface area contributed by atoms with E-state index in [1.807, 2.05) is 0 Å². The molecule has 0 spiro atoms. The number of allylic oxidation sites excluding steroid dienone is 1. The molecule has 0 fully saturated rings. The Balaban J connectivity index is 2.09. The van der Waals surface area contributed by atoms with E-state index in [0.29, 0.717) is 13.2 Å². The molecule has 0 bridgehead atoms. The molecule has 5 heteroatoms. The van der Waals surface area contributed by atoms with E-state index in [4.69, 9.17) is 13.9 Å². The predicted molar refractivity (Wildman–Crippen MR) is 132 cm³/mol. The van der Waals surface area contributed by atoms with Crippen molar-refractivity contribution in [3.05, 3.63) is 83.1 Å². The van der Waals surface area contributed by atoms with E-state index < -0.39 is 8.32 Å². The number of methoxy groups -OCH3 is 1. The predicted octanol–water partition coefficient (Wildman–Crippen LogP) is 4.33. The highest BCUT2D eigenvalue weighted by Crippen LogP contribution is 2.35. The molecule has 1 aliphatic heterocycles. The zero-order valence-electron chi connectivity index (χ0n) is 19.6. The molecule has 0 amide bonds. The van der Waals surface area contributed by atoms with Gasteiger partial charge in [0.25, 0.3) is 8.32 Å². The van der Waals surface area contributed by atoms with Crippen LogP contribution < -0.4 is 10.4 Å². The van der Waals surface area contributed by atoms with Crippen molar-refractivity contribution < 1.29 is 18.7 Å². The first-order valence-corrected chi connectivity index (χ1v) is 13.2. The topological polar surface area (TPSA) is 44.8 Å². The summed E-state index contributed by atoms with van der Waals surface area (Å²) >= 11 is 0. The van der Waals surface area contributed by atoms with Gasteiger partial charge in [-0.1, -0.05) is 66.7 Å². The Morgan fingerprint density at radius 1 is 1.03 bits per heavy atom. The van der Waals surface area contributed by atoms with E-state index in [-0.39, 0.29) is 12.1 Å². The zero-order valence-corrected chi connectivity index (χ0v) is 20.6. The van der Waals surface area contributed by atoms with Gasteiger partial charge in [0.05, 0.1) is 19.3 Å². The third-order valence-corrected chi connectivity index (χ3v) is 10.3. The van der Waals surface area contributed by atoms with Crippen molar-refractivity contribution in [1.82, 2.24) is 0 Å². The smallest absolute Gasteiger partial charge is 0.302 e. The minimum Gasteiger partial charge on any atom is -0.466 e. The molecule has 0 N–H and O–H groups in total. The summed E-state index contributed by atoms with van der Waals surface area (Å²) in [5, 5.41) is 3.76. The van der Waals surface area contributed by atoms with Gasteiger partial charge in [0.15, 0.2) is 0 Å². The molecule has 1 atom stereocenters. The van der Waals surface area contributed by atoms with E-state index in [1.165, 1.54) is 33.6 Å². The van der Waals surface area contributed by atoms with E-state index in [0.717, 1.165) is 19.3 Å². The summed E-state index contributed by atoms with van der Waals surface area (Å²) in [5.41, 5.74) is 2.48. The molecule has 2 aromatic carbocycles. The van der Waals surface area contributed by atoms with E-state index >= 15 is 0 Å². The third-order valence-electron chi connectivity index (χ3n) is 6.05. The highest BCUT2D eigenvalue weighted by molar-refractivity contribution is 7.03. The molecule has 0 saturated heterocycles. The molecular weight excluding hydrogens is 416 g/mol. The zero-order chi connectivity index (χ0) is 23.0. The number of hydrogen-bond donors (Lipinski definition) is 0. The molecule has 0 saturated carbocycles. The second kappa shape index (κ2) is 11.4. The Kier molecular flexibility index (Phi) is 8.62. The Hall–Kier alpha value is -2.47. The summed E-state index contributed by atoms with van der Waals surface area (Å²) < 4.78 is 17.8. The fraction of sp³-hybridized carbons (Fsp3) is 0.370. The maximum atomic E-state index is 11.0. The fourth-order valence-corrected chi connectivity index (χ4v) is 8.87. The van der Waals surface area contributed by atoms with Crippen LogP contribution in [-0.2, 0) is 18.7 Å². The molecule has 1 aliphatic rings. The fourth-order valence-electron chi connectivity index (χ4n) is 4.36. The maximum absolute atomic E-state index is 11.0. The lowest BCUT2D eigenvalue weighted by molar-refractivity contribution is -0.141. The molecule has 0 radical (unpaired) electrons. The van der Waals surface area contributed by atoms with Gasteiger partial charge in [-0.3, -0.25) is 4.79 Å². The minimum absolute atomic E-state index is 0.00773. The molecule has 1 heterocycles. The lowest BCUT2D eigenvalue weighted by atomic mass is 10.0. The molecule has 32 heavy (non-hydrogen) atoms. The molecular formula is C27H34O4Si. The second-order valence-corrected chi connectivity index (χ2v) is 11.5. The van der Waals surface area contributed by atoms with Gasteiger partial charge in [-0.15, -0.1) is 0 Å². The van der Waals surface area contributed by atoms with E-state index in [1.54, 1.807) is 7.11 Å². The van der Waals surface area contributed by atoms with Crippen LogP contribution in [0.1, 0.15) is 40.0 Å². The van der Waals surface area contributed by atoms with Gasteiger partial charge in [-0.2, -0.15) is 0 Å². The average molecular weight is 451 g/mol. The molecule has 1 unspecified atom stereocenters. The highest BCUT2D eigenvalue weighted by atomic mass is 28.4. The van der Waals surface area contributed by atoms with Crippen molar-refractivity contribution in [2.45, 2.75) is 46.1 Å². The third kappa shape index (κ3) is 5.29. The van der Waals surface area contributed by atoms with Crippen molar-refractivity contribution in [3.8, 4) is 0 Å². The molecule has 170 valence electrons. The van der Waals surface area contributed by atoms with Crippen molar-refractivity contribution in [2.75, 3.05) is 20.3 Å². The molecule has 2 aromatic rings. The first-order chi connectivity index (χ1) is 15.5. The van der Waals surface area contributed by atoms with E-state index in [9.17, 15) is 4.79 Å². The SMILES string of the molecule is COCC1=C(C)C(C)O[Si](c2ccccc2)(c2ccccc2)/C1=C/CCCCOC(C)=O. The Bertz CT molecular complexity index is 911. The van der Waals surface area contributed by atoms with Gasteiger partial charge in [-0.25, -0.2) is 0 Å². The number of carbonyl (C=O) groups is 1. The van der Waals surface area contributed by atoms with Crippen LogP contribution >= 0.6 is 0 Å². The molecule has 4 nitrogen and oxygen atoms in total. The molecule has 0 aliphatic carbocycles. The van der Waals surface area contributed by atoms with Crippen LogP contribution in [0.5, 0.6) is 0 Å². The quantitative estimate of drug-likeness (QED) is 0.324. The van der Waals surface area contributed by atoms with Gasteiger partial charge in [0.1, 0.15) is 0 Å². The van der Waals surface area contributed by atoms with Gasteiger partial charge in [0, 0.05) is 14.0 Å². The molecule has 0 aromatic heterocycles. The maximum Gasteiger partial charge on any atom is 0.302 e. The number of ether oxygens (including phenoxy) is 2. The number of benzene rings is 2. The summed E-state index contributed by atoms with van der Waals surface area (Å²) in [6, 6.07) is 21.3. The Labute approximate surface area is 193 Å². The minimum atomic E-state index is -2.72. The first-order valence-electron chi connectivity index (χ1n) is 11.3. The standard InChI is InChI=1S/C27H34O4Si/c1-21-22(2)31-32(24-14-8-5-9-15-24,25-16-10-6-11-17-25)27(26(21)20-29-4)18-12-7-13-19-30-23(3)28/h5-6,8-11,14-18,22H,7,12-13,19-20H2,1-4H3/b27-18+. The van der Waals surface area contributed by atoms with Crippen molar-refractivity contribution in [2.24, 2.45) is 0 Å². The van der Waals surface area contributed by atoms with E-state index in [2.05, 4.69) is 80.6 Å². The average Bonchev–Trinajstić information content (AvgIpc) is 2.81. The lowest BCUT2D eigenvalue weighted by Crippen LogP contribution is -2.66. The van der Waals surface area contributed by atoms with Gasteiger partial charge in [0.2, 0.25) is 0 Å². The summed E-state index contributed by atoms with van der Waals surface area (Å²) in [7, 11) is -0.963. The van der Waals surface area contributed by atoms with Gasteiger partial charge < -0.3 is 13.9 Å². The number of esters is 1. The number of carbonyl (C=O) groups excluding carboxylic acids is 1.